The lowest BCUT2D eigenvalue weighted by Crippen LogP contribution is -2.24. The van der Waals surface area contributed by atoms with Gasteiger partial charge in [-0.15, -0.1) is 0 Å². The number of unbranched alkanes of at least 4 members (excludes halogenated alkanes) is 1. The SMILES string of the molecule is CCCCC(C)C1CCc2c(c[nH]c2C=C2N=C(c3ccc[nH]3)C=C2OC)C1C. The number of hydrogen-bond donors (Lipinski definition) is 2. The highest BCUT2D eigenvalue weighted by Gasteiger charge is 2.32. The molecule has 3 heterocycles. The standard InChI is InChI=1S/C25H33N3O/c1-5-6-8-16(2)18-10-11-19-20(17(18)3)15-27-22(19)13-24-25(29-4)14-23(28-24)21-9-7-12-26-21/h7,9,12-18,26-27H,5-6,8,10-11H2,1-4H3. The van der Waals surface area contributed by atoms with E-state index in [4.69, 9.17) is 9.73 Å². The summed E-state index contributed by atoms with van der Waals surface area (Å²) in [6, 6.07) is 4.02. The number of ether oxygens (including phenoxy) is 1. The van der Waals surface area contributed by atoms with Gasteiger partial charge in [0.05, 0.1) is 18.5 Å². The fourth-order valence-corrected chi connectivity index (χ4v) is 5.05. The second kappa shape index (κ2) is 8.48. The number of nitrogens with zero attached hydrogens (tertiary/aromatic N) is 1. The highest BCUT2D eigenvalue weighted by atomic mass is 16.5. The van der Waals surface area contributed by atoms with Crippen LogP contribution in [0.25, 0.3) is 6.08 Å². The summed E-state index contributed by atoms with van der Waals surface area (Å²) in [4.78, 5) is 11.6. The number of aromatic amines is 2. The Labute approximate surface area is 174 Å². The number of allylic oxidation sites excluding steroid dienone is 1. The molecule has 2 aliphatic rings. The topological polar surface area (TPSA) is 53.2 Å². The fourth-order valence-electron chi connectivity index (χ4n) is 5.05. The van der Waals surface area contributed by atoms with Crippen LogP contribution in [0.1, 0.15) is 74.9 Å². The van der Waals surface area contributed by atoms with E-state index in [1.54, 1.807) is 7.11 Å². The summed E-state index contributed by atoms with van der Waals surface area (Å²) >= 11 is 0. The van der Waals surface area contributed by atoms with E-state index < -0.39 is 0 Å². The summed E-state index contributed by atoms with van der Waals surface area (Å²) in [5, 5.41) is 0. The third-order valence-electron chi connectivity index (χ3n) is 6.80. The first-order valence-electron chi connectivity index (χ1n) is 11.0. The molecule has 4 rings (SSSR count). The molecule has 0 spiro atoms. The highest BCUT2D eigenvalue weighted by Crippen LogP contribution is 2.43. The van der Waals surface area contributed by atoms with Crippen LogP contribution in [0.4, 0.5) is 0 Å². The average molecular weight is 392 g/mol. The first-order chi connectivity index (χ1) is 14.1. The largest absolute Gasteiger partial charge is 0.494 e. The second-order valence-electron chi connectivity index (χ2n) is 8.57. The Morgan fingerprint density at radius 2 is 2.21 bits per heavy atom. The molecule has 2 N–H and O–H groups in total. The quantitative estimate of drug-likeness (QED) is 0.579. The van der Waals surface area contributed by atoms with Gasteiger partial charge in [-0.05, 0) is 59.9 Å². The zero-order valence-corrected chi connectivity index (χ0v) is 18.1. The van der Waals surface area contributed by atoms with Crippen LogP contribution in [0.5, 0.6) is 0 Å². The van der Waals surface area contributed by atoms with Gasteiger partial charge in [0, 0.05) is 24.2 Å². The second-order valence-corrected chi connectivity index (χ2v) is 8.57. The van der Waals surface area contributed by atoms with Crippen LogP contribution in [0.3, 0.4) is 0 Å². The molecule has 0 aromatic carbocycles. The van der Waals surface area contributed by atoms with Gasteiger partial charge in [0.15, 0.2) is 0 Å². The zero-order chi connectivity index (χ0) is 20.4. The molecule has 0 saturated heterocycles. The van der Waals surface area contributed by atoms with Crippen LogP contribution in [0, 0.1) is 11.8 Å². The van der Waals surface area contributed by atoms with Crippen molar-refractivity contribution in [2.24, 2.45) is 16.8 Å². The first kappa shape index (κ1) is 19.8. The molecular formula is C25H33N3O. The maximum Gasteiger partial charge on any atom is 0.146 e. The summed E-state index contributed by atoms with van der Waals surface area (Å²) in [7, 11) is 1.71. The molecule has 3 unspecified atom stereocenters. The van der Waals surface area contributed by atoms with E-state index >= 15 is 0 Å². The normalized spacial score (nSPS) is 23.7. The van der Waals surface area contributed by atoms with Gasteiger partial charge in [-0.25, -0.2) is 4.99 Å². The van der Waals surface area contributed by atoms with Crippen molar-refractivity contribution < 1.29 is 4.74 Å². The third-order valence-corrected chi connectivity index (χ3v) is 6.80. The van der Waals surface area contributed by atoms with Gasteiger partial charge >= 0.3 is 0 Å². The van der Waals surface area contributed by atoms with E-state index in [0.717, 1.165) is 41.1 Å². The maximum atomic E-state index is 5.60. The van der Waals surface area contributed by atoms with E-state index in [1.807, 2.05) is 24.4 Å². The lowest BCUT2D eigenvalue weighted by Gasteiger charge is -2.34. The fraction of sp³-hybridized carbons (Fsp3) is 0.480. The minimum atomic E-state index is 0.605. The summed E-state index contributed by atoms with van der Waals surface area (Å²) in [6.07, 6.45) is 14.7. The minimum Gasteiger partial charge on any atom is -0.494 e. The van der Waals surface area contributed by atoms with Gasteiger partial charge in [0.1, 0.15) is 11.5 Å². The van der Waals surface area contributed by atoms with E-state index in [-0.39, 0.29) is 0 Å². The monoisotopic (exact) mass is 391 g/mol. The Morgan fingerprint density at radius 1 is 1.34 bits per heavy atom. The van der Waals surface area contributed by atoms with Gasteiger partial charge < -0.3 is 14.7 Å². The van der Waals surface area contributed by atoms with Crippen molar-refractivity contribution in [3.05, 3.63) is 64.6 Å². The van der Waals surface area contributed by atoms with Crippen molar-refractivity contribution >= 4 is 11.8 Å². The van der Waals surface area contributed by atoms with Crippen molar-refractivity contribution in [3.8, 4) is 0 Å². The van der Waals surface area contributed by atoms with Gasteiger partial charge in [-0.3, -0.25) is 0 Å². The molecule has 0 fully saturated rings. The molecular weight excluding hydrogens is 358 g/mol. The van der Waals surface area contributed by atoms with Crippen LogP contribution in [-0.2, 0) is 11.2 Å². The Bertz CT molecular complexity index is 929. The summed E-state index contributed by atoms with van der Waals surface area (Å²) in [5.74, 6) is 2.99. The van der Waals surface area contributed by atoms with Crippen molar-refractivity contribution in [2.45, 2.75) is 58.8 Å². The number of aromatic nitrogens is 2. The molecule has 0 radical (unpaired) electrons. The van der Waals surface area contributed by atoms with E-state index in [9.17, 15) is 0 Å². The average Bonchev–Trinajstić information content (AvgIpc) is 3.46. The molecule has 2 aromatic rings. The van der Waals surface area contributed by atoms with E-state index in [1.165, 1.54) is 42.5 Å². The van der Waals surface area contributed by atoms with E-state index in [0.29, 0.717) is 5.92 Å². The molecule has 1 aliphatic carbocycles. The number of H-pyrrole nitrogens is 2. The number of aliphatic imine (C=N–C) groups is 1. The van der Waals surface area contributed by atoms with Crippen LogP contribution in [-0.4, -0.2) is 22.8 Å². The lowest BCUT2D eigenvalue weighted by molar-refractivity contribution is 0.260. The molecule has 4 nitrogen and oxygen atoms in total. The summed E-state index contributed by atoms with van der Waals surface area (Å²) in [5.41, 5.74) is 6.94. The summed E-state index contributed by atoms with van der Waals surface area (Å²) < 4.78 is 5.60. The molecule has 0 amide bonds. The molecule has 0 bridgehead atoms. The Kier molecular flexibility index (Phi) is 5.79. The van der Waals surface area contributed by atoms with Crippen LogP contribution < -0.4 is 0 Å². The number of hydrogen-bond acceptors (Lipinski definition) is 2. The minimum absolute atomic E-state index is 0.605. The van der Waals surface area contributed by atoms with Crippen molar-refractivity contribution in [2.75, 3.05) is 7.11 Å². The van der Waals surface area contributed by atoms with Crippen LogP contribution in [0.15, 0.2) is 47.1 Å². The van der Waals surface area contributed by atoms with Crippen molar-refractivity contribution in [3.63, 3.8) is 0 Å². The highest BCUT2D eigenvalue weighted by molar-refractivity contribution is 6.11. The van der Waals surface area contributed by atoms with Gasteiger partial charge in [0.25, 0.3) is 0 Å². The third kappa shape index (κ3) is 3.85. The molecule has 4 heteroatoms. The molecule has 154 valence electrons. The number of nitrogens with one attached hydrogen (secondary N) is 2. The molecule has 29 heavy (non-hydrogen) atoms. The zero-order valence-electron chi connectivity index (χ0n) is 18.1. The number of rotatable bonds is 7. The summed E-state index contributed by atoms with van der Waals surface area (Å²) in [6.45, 7) is 7.15. The molecule has 2 aromatic heterocycles. The first-order valence-corrected chi connectivity index (χ1v) is 11.0. The van der Waals surface area contributed by atoms with Crippen molar-refractivity contribution in [1.82, 2.24) is 9.97 Å². The Morgan fingerprint density at radius 3 is 2.93 bits per heavy atom. The van der Waals surface area contributed by atoms with Crippen LogP contribution in [0.2, 0.25) is 0 Å². The lowest BCUT2D eigenvalue weighted by atomic mass is 9.70. The van der Waals surface area contributed by atoms with Gasteiger partial charge in [0.2, 0.25) is 0 Å². The predicted molar refractivity (Wildman–Crippen MR) is 120 cm³/mol. The molecule has 0 saturated carbocycles. The van der Waals surface area contributed by atoms with E-state index in [2.05, 4.69) is 43.0 Å². The molecule has 1 aliphatic heterocycles. The smallest absolute Gasteiger partial charge is 0.146 e. The van der Waals surface area contributed by atoms with Gasteiger partial charge in [-0.1, -0.05) is 40.0 Å². The van der Waals surface area contributed by atoms with Crippen molar-refractivity contribution in [1.29, 1.82) is 0 Å². The number of methoxy groups -OCH3 is 1. The maximum absolute atomic E-state index is 5.60. The Hall–Kier alpha value is -2.49. The number of fused-ring (bicyclic) bond motifs is 1. The van der Waals surface area contributed by atoms with Gasteiger partial charge in [-0.2, -0.15) is 0 Å². The Balaban J connectivity index is 1.59. The predicted octanol–water partition coefficient (Wildman–Crippen LogP) is 6.21. The van der Waals surface area contributed by atoms with Crippen LogP contribution >= 0.6 is 0 Å². The molecule has 3 atom stereocenters.